The predicted octanol–water partition coefficient (Wildman–Crippen LogP) is 6.12. The van der Waals surface area contributed by atoms with E-state index in [1.807, 2.05) is 0 Å². The molecule has 2 rings (SSSR count). The van der Waals surface area contributed by atoms with Gasteiger partial charge < -0.3 is 14.0 Å². The van der Waals surface area contributed by atoms with Crippen molar-refractivity contribution in [2.24, 2.45) is 5.92 Å². The fourth-order valence-corrected chi connectivity index (χ4v) is 3.60. The van der Waals surface area contributed by atoms with Crippen LogP contribution in [0.4, 0.5) is 0 Å². The van der Waals surface area contributed by atoms with Crippen LogP contribution in [-0.4, -0.2) is 44.9 Å². The quantitative estimate of drug-likeness (QED) is 0.259. The second-order valence-electron chi connectivity index (χ2n) is 9.40. The van der Waals surface area contributed by atoms with Gasteiger partial charge in [0.15, 0.2) is 0 Å². The van der Waals surface area contributed by atoms with Crippen LogP contribution in [0.15, 0.2) is 54.6 Å². The number of aryl methyl sites for hydroxylation is 1. The van der Waals surface area contributed by atoms with E-state index in [2.05, 4.69) is 82.5 Å². The summed E-state index contributed by atoms with van der Waals surface area (Å²) in [5.41, 5.74) is 2.77. The predicted molar refractivity (Wildman–Crippen MR) is 127 cm³/mol. The zero-order chi connectivity index (χ0) is 21.7. The van der Waals surface area contributed by atoms with Crippen LogP contribution in [-0.2, 0) is 17.7 Å². The zero-order valence-corrected chi connectivity index (χ0v) is 19.6. The molecule has 0 unspecified atom stereocenters. The summed E-state index contributed by atoms with van der Waals surface area (Å²) < 4.78 is 12.6. The second-order valence-corrected chi connectivity index (χ2v) is 9.40. The van der Waals surface area contributed by atoms with Crippen LogP contribution in [0.2, 0.25) is 0 Å². The fraction of sp³-hybridized carbons (Fsp3) is 0.556. The molecule has 2 aromatic carbocycles. The first-order valence-corrected chi connectivity index (χ1v) is 11.6. The van der Waals surface area contributed by atoms with Gasteiger partial charge in [0.25, 0.3) is 0 Å². The van der Waals surface area contributed by atoms with Crippen molar-refractivity contribution >= 4 is 0 Å². The summed E-state index contributed by atoms with van der Waals surface area (Å²) >= 11 is 0. The fourth-order valence-electron chi connectivity index (χ4n) is 3.60. The molecule has 0 spiro atoms. The van der Waals surface area contributed by atoms with Crippen molar-refractivity contribution in [3.05, 3.63) is 65.7 Å². The third-order valence-corrected chi connectivity index (χ3v) is 5.46. The summed E-state index contributed by atoms with van der Waals surface area (Å²) in [5.74, 6) is 1.76. The van der Waals surface area contributed by atoms with E-state index in [1.165, 1.54) is 43.2 Å². The molecule has 166 valence electrons. The van der Waals surface area contributed by atoms with E-state index < -0.39 is 0 Å². The maximum absolute atomic E-state index is 5.83. The van der Waals surface area contributed by atoms with Crippen LogP contribution in [0.1, 0.15) is 50.7 Å². The lowest BCUT2D eigenvalue weighted by Gasteiger charge is -2.29. The van der Waals surface area contributed by atoms with Crippen molar-refractivity contribution in [2.75, 3.05) is 40.5 Å². The van der Waals surface area contributed by atoms with Crippen LogP contribution in [0, 0.1) is 5.92 Å². The highest BCUT2D eigenvalue weighted by atomic mass is 16.5. The van der Waals surface area contributed by atoms with E-state index in [0.29, 0.717) is 13.2 Å². The average Bonchev–Trinajstić information content (AvgIpc) is 2.71. The molecule has 0 amide bonds. The molecule has 3 nitrogen and oxygen atoms in total. The summed E-state index contributed by atoms with van der Waals surface area (Å²) in [4.78, 5) is 0. The Morgan fingerprint density at radius 1 is 0.767 bits per heavy atom. The Hall–Kier alpha value is -1.84. The lowest BCUT2D eigenvalue weighted by atomic mass is 10.0. The lowest BCUT2D eigenvalue weighted by molar-refractivity contribution is -0.904. The minimum absolute atomic E-state index is 0.598. The van der Waals surface area contributed by atoms with Gasteiger partial charge >= 0.3 is 0 Å². The number of unbranched alkanes of at least 4 members (excludes halogenated alkanes) is 2. The third kappa shape index (κ3) is 10.8. The summed E-state index contributed by atoms with van der Waals surface area (Å²) in [5, 5.41) is 0. The minimum atomic E-state index is 0.598. The number of rotatable bonds is 15. The zero-order valence-electron chi connectivity index (χ0n) is 19.6. The van der Waals surface area contributed by atoms with E-state index in [-0.39, 0.29) is 0 Å². The normalized spacial score (nSPS) is 11.8. The number of hydrogen-bond donors (Lipinski definition) is 0. The first-order chi connectivity index (χ1) is 14.4. The topological polar surface area (TPSA) is 18.5 Å². The summed E-state index contributed by atoms with van der Waals surface area (Å²) in [6, 6.07) is 19.2. The average molecular weight is 413 g/mol. The second kappa shape index (κ2) is 13.5. The van der Waals surface area contributed by atoms with Crippen molar-refractivity contribution < 1.29 is 14.0 Å². The van der Waals surface area contributed by atoms with Gasteiger partial charge in [-0.2, -0.15) is 0 Å². The van der Waals surface area contributed by atoms with Crippen LogP contribution >= 0.6 is 0 Å². The van der Waals surface area contributed by atoms with Crippen molar-refractivity contribution in [3.63, 3.8) is 0 Å². The molecule has 30 heavy (non-hydrogen) atoms. The summed E-state index contributed by atoms with van der Waals surface area (Å²) in [7, 11) is 4.50. The molecule has 0 aromatic heterocycles. The molecule has 0 aliphatic rings. The van der Waals surface area contributed by atoms with E-state index in [4.69, 9.17) is 9.47 Å². The van der Waals surface area contributed by atoms with Gasteiger partial charge in [-0.05, 0) is 36.5 Å². The Bertz CT molecular complexity index is 680. The molecule has 0 N–H and O–H groups in total. The number of ether oxygens (including phenoxy) is 2. The third-order valence-electron chi connectivity index (χ3n) is 5.46. The maximum Gasteiger partial charge on any atom is 0.119 e. The molecule has 0 saturated carbocycles. The van der Waals surface area contributed by atoms with Gasteiger partial charge in [0, 0.05) is 5.56 Å². The molecule has 0 aliphatic carbocycles. The van der Waals surface area contributed by atoms with Crippen molar-refractivity contribution in [2.45, 2.75) is 52.5 Å². The molecule has 0 bridgehead atoms. The standard InChI is InChI=1S/C27H42NO2/c1-24(2)11-7-5-8-12-25-15-17-27(18-16-25)30-22-21-29-20-19-28(3,4)23-26-13-9-6-10-14-26/h6,9-10,13-18,24H,5,7-8,11-12,19-23H2,1-4H3/q+1. The first kappa shape index (κ1) is 24.4. The van der Waals surface area contributed by atoms with E-state index in [0.717, 1.165) is 35.8 Å². The Labute approximate surface area is 184 Å². The highest BCUT2D eigenvalue weighted by Gasteiger charge is 2.15. The molecule has 0 fully saturated rings. The Morgan fingerprint density at radius 2 is 1.50 bits per heavy atom. The maximum atomic E-state index is 5.83. The number of benzene rings is 2. The molecule has 2 aromatic rings. The van der Waals surface area contributed by atoms with Gasteiger partial charge in [-0.1, -0.05) is 75.6 Å². The summed E-state index contributed by atoms with van der Waals surface area (Å²) in [6.07, 6.45) is 6.46. The number of nitrogens with zero attached hydrogens (tertiary/aromatic N) is 1. The van der Waals surface area contributed by atoms with Gasteiger partial charge in [-0.3, -0.25) is 0 Å². The number of quaternary nitrogens is 1. The van der Waals surface area contributed by atoms with E-state index in [1.54, 1.807) is 0 Å². The molecule has 0 saturated heterocycles. The van der Waals surface area contributed by atoms with Crippen LogP contribution < -0.4 is 4.74 Å². The SMILES string of the molecule is CC(C)CCCCCc1ccc(OCCOCC[N+](C)(C)Cc2ccccc2)cc1. The van der Waals surface area contributed by atoms with Crippen LogP contribution in [0.3, 0.4) is 0 Å². The molecule has 0 heterocycles. The monoisotopic (exact) mass is 412 g/mol. The van der Waals surface area contributed by atoms with Gasteiger partial charge in [-0.15, -0.1) is 0 Å². The van der Waals surface area contributed by atoms with Gasteiger partial charge in [-0.25, -0.2) is 0 Å². The van der Waals surface area contributed by atoms with Gasteiger partial charge in [0.1, 0.15) is 25.4 Å². The smallest absolute Gasteiger partial charge is 0.119 e. The van der Waals surface area contributed by atoms with E-state index >= 15 is 0 Å². The summed E-state index contributed by atoms with van der Waals surface area (Å²) in [6.45, 7) is 8.58. The van der Waals surface area contributed by atoms with Crippen molar-refractivity contribution in [1.82, 2.24) is 0 Å². The van der Waals surface area contributed by atoms with Crippen LogP contribution in [0.5, 0.6) is 5.75 Å². The van der Waals surface area contributed by atoms with Crippen LogP contribution in [0.25, 0.3) is 0 Å². The molecular formula is C27H42NO2+. The Kier molecular flexibility index (Phi) is 11.0. The molecule has 0 atom stereocenters. The molecular weight excluding hydrogens is 370 g/mol. The Balaban J connectivity index is 1.54. The first-order valence-electron chi connectivity index (χ1n) is 11.6. The molecule has 0 radical (unpaired) electrons. The highest BCUT2D eigenvalue weighted by Crippen LogP contribution is 2.15. The Morgan fingerprint density at radius 3 is 2.20 bits per heavy atom. The number of likely N-dealkylation sites (N-methyl/N-ethyl adjacent to an activating group) is 1. The van der Waals surface area contributed by atoms with E-state index in [9.17, 15) is 0 Å². The molecule has 0 aliphatic heterocycles. The largest absolute Gasteiger partial charge is 0.491 e. The van der Waals surface area contributed by atoms with Gasteiger partial charge in [0.05, 0.1) is 27.3 Å². The minimum Gasteiger partial charge on any atom is -0.491 e. The van der Waals surface area contributed by atoms with Crippen molar-refractivity contribution in [3.8, 4) is 5.75 Å². The highest BCUT2D eigenvalue weighted by molar-refractivity contribution is 5.27. The molecule has 3 heteroatoms. The van der Waals surface area contributed by atoms with Gasteiger partial charge in [0.2, 0.25) is 0 Å². The lowest BCUT2D eigenvalue weighted by Crippen LogP contribution is -2.41. The number of hydrogen-bond acceptors (Lipinski definition) is 2. The van der Waals surface area contributed by atoms with Crippen molar-refractivity contribution in [1.29, 1.82) is 0 Å².